The Morgan fingerprint density at radius 3 is 2.56 bits per heavy atom. The molecule has 5 nitrogen and oxygen atoms in total. The van der Waals surface area contributed by atoms with Gasteiger partial charge in [-0.3, -0.25) is 4.79 Å². The molecule has 1 saturated carbocycles. The molecule has 0 unspecified atom stereocenters. The fourth-order valence-corrected chi connectivity index (χ4v) is 4.54. The van der Waals surface area contributed by atoms with E-state index in [0.29, 0.717) is 17.9 Å². The molecule has 3 atom stereocenters. The summed E-state index contributed by atoms with van der Waals surface area (Å²) in [5.41, 5.74) is 2.03. The van der Waals surface area contributed by atoms with Gasteiger partial charge in [0.15, 0.2) is 5.78 Å². The van der Waals surface area contributed by atoms with Crippen molar-refractivity contribution in [3.8, 4) is 5.88 Å². The van der Waals surface area contributed by atoms with Gasteiger partial charge in [-0.25, -0.2) is 4.98 Å². The molecule has 3 rings (SSSR count). The number of hydrogen-bond acceptors (Lipinski definition) is 5. The van der Waals surface area contributed by atoms with E-state index in [1.165, 1.54) is 0 Å². The van der Waals surface area contributed by atoms with E-state index in [1.54, 1.807) is 7.11 Å². The molecule has 0 spiro atoms. The average molecular weight is 344 g/mol. The molecular weight excluding hydrogens is 316 g/mol. The molecule has 0 radical (unpaired) electrons. The van der Waals surface area contributed by atoms with Crippen LogP contribution in [0.5, 0.6) is 5.88 Å². The van der Waals surface area contributed by atoms with Crippen molar-refractivity contribution in [2.24, 2.45) is 11.8 Å². The van der Waals surface area contributed by atoms with Crippen LogP contribution >= 0.6 is 0 Å². The van der Waals surface area contributed by atoms with E-state index < -0.39 is 0 Å². The van der Waals surface area contributed by atoms with E-state index in [2.05, 4.69) is 32.7 Å². The second-order valence-corrected chi connectivity index (χ2v) is 8.68. The van der Waals surface area contributed by atoms with Crippen LogP contribution in [0.4, 0.5) is 0 Å². The standard InChI is InChI=1S/C20H28N2O3/c1-11-14-8-7-13-16(20(14,5)9-12(10-23)15(11)24)21-18(19(2,3)4)22-17(13)25-6/h10-11,14,23H,7-9H2,1-6H3/b12-10-/t11-,14-,20-/m0/s1. The Balaban J connectivity index is 2.23. The summed E-state index contributed by atoms with van der Waals surface area (Å²) in [6.45, 7) is 10.4. The van der Waals surface area contributed by atoms with Crippen LogP contribution in [0.2, 0.25) is 0 Å². The molecular formula is C20H28N2O3. The largest absolute Gasteiger partial charge is 0.515 e. The number of allylic oxidation sites excluding steroid dienone is 1. The number of aromatic nitrogens is 2. The second-order valence-electron chi connectivity index (χ2n) is 8.68. The van der Waals surface area contributed by atoms with Crippen LogP contribution in [-0.4, -0.2) is 28.0 Å². The first kappa shape index (κ1) is 17.9. The van der Waals surface area contributed by atoms with Gasteiger partial charge in [-0.2, -0.15) is 4.98 Å². The maximum atomic E-state index is 12.5. The van der Waals surface area contributed by atoms with Gasteiger partial charge in [-0.1, -0.05) is 34.6 Å². The van der Waals surface area contributed by atoms with E-state index in [9.17, 15) is 9.90 Å². The maximum absolute atomic E-state index is 12.5. The van der Waals surface area contributed by atoms with Gasteiger partial charge >= 0.3 is 0 Å². The highest BCUT2D eigenvalue weighted by Crippen LogP contribution is 2.53. The molecule has 1 aromatic rings. The minimum atomic E-state index is -0.300. The molecule has 5 heteroatoms. The molecule has 2 aliphatic rings. The van der Waals surface area contributed by atoms with Crippen LogP contribution in [0.3, 0.4) is 0 Å². The monoisotopic (exact) mass is 344 g/mol. The Kier molecular flexibility index (Phi) is 4.17. The van der Waals surface area contributed by atoms with Crippen LogP contribution in [0.25, 0.3) is 0 Å². The first-order valence-corrected chi connectivity index (χ1v) is 8.96. The molecule has 0 aromatic carbocycles. The first-order valence-electron chi connectivity index (χ1n) is 8.96. The number of fused-ring (bicyclic) bond motifs is 3. The molecule has 0 saturated heterocycles. The molecule has 25 heavy (non-hydrogen) atoms. The predicted octanol–water partition coefficient (Wildman–Crippen LogP) is 3.65. The molecule has 0 amide bonds. The average Bonchev–Trinajstić information content (AvgIpc) is 2.56. The van der Waals surface area contributed by atoms with Crippen LogP contribution < -0.4 is 4.74 Å². The highest BCUT2D eigenvalue weighted by Gasteiger charge is 2.52. The quantitative estimate of drug-likeness (QED) is 0.622. The van der Waals surface area contributed by atoms with Crippen LogP contribution in [-0.2, 0) is 22.0 Å². The number of hydrogen-bond donors (Lipinski definition) is 1. The van der Waals surface area contributed by atoms with E-state index in [1.807, 2.05) is 6.92 Å². The third-order valence-electron chi connectivity index (χ3n) is 5.95. The zero-order valence-corrected chi connectivity index (χ0v) is 16.0. The van der Waals surface area contributed by atoms with Crippen LogP contribution in [0, 0.1) is 11.8 Å². The van der Waals surface area contributed by atoms with Crippen molar-refractivity contribution < 1.29 is 14.6 Å². The van der Waals surface area contributed by atoms with Crippen molar-refractivity contribution in [2.75, 3.05) is 7.11 Å². The molecule has 1 heterocycles. The summed E-state index contributed by atoms with van der Waals surface area (Å²) in [4.78, 5) is 22.1. The number of rotatable bonds is 1. The topological polar surface area (TPSA) is 72.3 Å². The molecule has 1 N–H and O–H groups in total. The Morgan fingerprint density at radius 2 is 2.00 bits per heavy atom. The normalized spacial score (nSPS) is 30.8. The minimum absolute atomic E-state index is 0.0606. The van der Waals surface area contributed by atoms with Gasteiger partial charge in [0.1, 0.15) is 5.82 Å². The lowest BCUT2D eigenvalue weighted by atomic mass is 9.55. The van der Waals surface area contributed by atoms with Gasteiger partial charge in [-0.05, 0) is 25.2 Å². The Bertz CT molecular complexity index is 748. The lowest BCUT2D eigenvalue weighted by Gasteiger charge is -2.48. The van der Waals surface area contributed by atoms with Crippen molar-refractivity contribution in [2.45, 2.75) is 64.7 Å². The highest BCUT2D eigenvalue weighted by molar-refractivity contribution is 5.98. The van der Waals surface area contributed by atoms with Gasteiger partial charge in [0.25, 0.3) is 0 Å². The van der Waals surface area contributed by atoms with Crippen molar-refractivity contribution >= 4 is 5.78 Å². The fourth-order valence-electron chi connectivity index (χ4n) is 4.54. The summed E-state index contributed by atoms with van der Waals surface area (Å²) in [5, 5.41) is 9.58. The molecule has 0 aliphatic heterocycles. The number of methoxy groups -OCH3 is 1. The summed E-state index contributed by atoms with van der Waals surface area (Å²) in [6.07, 6.45) is 3.22. The molecule has 136 valence electrons. The highest BCUT2D eigenvalue weighted by atomic mass is 16.5. The summed E-state index contributed by atoms with van der Waals surface area (Å²) in [6, 6.07) is 0. The number of carbonyl (C=O) groups excluding carboxylic acids is 1. The summed E-state index contributed by atoms with van der Waals surface area (Å²) in [7, 11) is 1.65. The minimum Gasteiger partial charge on any atom is -0.515 e. The van der Waals surface area contributed by atoms with Crippen LogP contribution in [0.15, 0.2) is 11.8 Å². The van der Waals surface area contributed by atoms with E-state index in [4.69, 9.17) is 9.72 Å². The van der Waals surface area contributed by atoms with Crippen molar-refractivity contribution in [3.05, 3.63) is 28.9 Å². The van der Waals surface area contributed by atoms with Crippen LogP contribution in [0.1, 0.15) is 64.5 Å². The zero-order chi connectivity index (χ0) is 18.6. The van der Waals surface area contributed by atoms with Crippen molar-refractivity contribution in [3.63, 3.8) is 0 Å². The molecule has 1 fully saturated rings. The zero-order valence-electron chi connectivity index (χ0n) is 16.0. The number of aliphatic hydroxyl groups excluding tert-OH is 1. The fraction of sp³-hybridized carbons (Fsp3) is 0.650. The first-order chi connectivity index (χ1) is 11.6. The van der Waals surface area contributed by atoms with Crippen molar-refractivity contribution in [1.29, 1.82) is 0 Å². The predicted molar refractivity (Wildman–Crippen MR) is 95.9 cm³/mol. The van der Waals surface area contributed by atoms with Gasteiger partial charge < -0.3 is 9.84 Å². The lowest BCUT2D eigenvalue weighted by molar-refractivity contribution is -0.124. The van der Waals surface area contributed by atoms with Gasteiger partial charge in [0.2, 0.25) is 5.88 Å². The van der Waals surface area contributed by atoms with Crippen molar-refractivity contribution in [1.82, 2.24) is 9.97 Å². The van der Waals surface area contributed by atoms with E-state index in [-0.39, 0.29) is 28.4 Å². The summed E-state index contributed by atoms with van der Waals surface area (Å²) in [5.74, 6) is 1.55. The third-order valence-corrected chi connectivity index (χ3v) is 5.95. The Labute approximate surface area is 149 Å². The third kappa shape index (κ3) is 2.64. The smallest absolute Gasteiger partial charge is 0.219 e. The summed E-state index contributed by atoms with van der Waals surface area (Å²) >= 11 is 0. The Morgan fingerprint density at radius 1 is 1.32 bits per heavy atom. The second kappa shape index (κ2) is 5.82. The summed E-state index contributed by atoms with van der Waals surface area (Å²) < 4.78 is 5.59. The number of carbonyl (C=O) groups is 1. The Hall–Kier alpha value is -1.91. The SMILES string of the molecule is COc1nc(C(C)(C)C)nc2c1CC[C@H]1[C@H](C)C(=O)/C(=C\O)C[C@]21C. The number of aliphatic hydroxyl groups is 1. The van der Waals surface area contributed by atoms with E-state index >= 15 is 0 Å². The maximum Gasteiger partial charge on any atom is 0.219 e. The molecule has 2 aliphatic carbocycles. The van der Waals surface area contributed by atoms with Gasteiger partial charge in [-0.15, -0.1) is 0 Å². The van der Waals surface area contributed by atoms with Gasteiger partial charge in [0.05, 0.1) is 19.1 Å². The number of ether oxygens (including phenoxy) is 1. The van der Waals surface area contributed by atoms with Gasteiger partial charge in [0, 0.05) is 27.9 Å². The number of nitrogens with zero attached hydrogens (tertiary/aromatic N) is 2. The number of ketones is 1. The van der Waals surface area contributed by atoms with E-state index in [0.717, 1.165) is 36.2 Å². The molecule has 0 bridgehead atoms. The molecule has 1 aromatic heterocycles. The number of Topliss-reactive ketones (excluding diaryl/α,β-unsaturated/α-hetero) is 1. The lowest BCUT2D eigenvalue weighted by Crippen LogP contribution is -2.48.